The number of anilines is 1. The summed E-state index contributed by atoms with van der Waals surface area (Å²) in [6, 6.07) is 14.0. The number of carbonyl (C=O) groups excluding carboxylic acids is 1. The van der Waals surface area contributed by atoms with Crippen molar-refractivity contribution in [2.24, 2.45) is 12.5 Å². The van der Waals surface area contributed by atoms with E-state index in [9.17, 15) is 9.59 Å². The van der Waals surface area contributed by atoms with Crippen LogP contribution in [0.15, 0.2) is 47.3 Å². The average Bonchev–Trinajstić information content (AvgIpc) is 3.16. The summed E-state index contributed by atoms with van der Waals surface area (Å²) in [4.78, 5) is 35.2. The number of hydrogen-bond acceptors (Lipinski definition) is 4. The predicted octanol–water partition coefficient (Wildman–Crippen LogP) is 3.27. The smallest absolute Gasteiger partial charge is 0.330 e. The molecule has 7 nitrogen and oxygen atoms in total. The van der Waals surface area contributed by atoms with Crippen LogP contribution in [0.2, 0.25) is 0 Å². The van der Waals surface area contributed by atoms with Gasteiger partial charge in [-0.15, -0.1) is 0 Å². The van der Waals surface area contributed by atoms with Crippen molar-refractivity contribution in [2.45, 2.75) is 52.2 Å². The molecule has 168 valence electrons. The summed E-state index contributed by atoms with van der Waals surface area (Å²) >= 11 is 0. The van der Waals surface area contributed by atoms with Crippen LogP contribution in [0.5, 0.6) is 0 Å². The number of imidazole rings is 1. The fourth-order valence-corrected chi connectivity index (χ4v) is 5.22. The first kappa shape index (κ1) is 20.8. The lowest BCUT2D eigenvalue weighted by atomic mass is 9.97. The SMILES string of the molecule is Cn1c(=O)n(CC(C)(C)C)c2ccc(N3CC4CCC(C3)N4C(=O)c3ccccc3)nc21. The normalized spacial score (nSPS) is 20.9. The lowest BCUT2D eigenvalue weighted by molar-refractivity contribution is 0.0641. The second-order valence-corrected chi connectivity index (χ2v) is 10.4. The summed E-state index contributed by atoms with van der Waals surface area (Å²) in [5, 5.41) is 0. The van der Waals surface area contributed by atoms with Crippen LogP contribution in [-0.2, 0) is 13.6 Å². The van der Waals surface area contributed by atoms with Gasteiger partial charge in [0.05, 0.1) is 17.6 Å². The van der Waals surface area contributed by atoms with E-state index in [4.69, 9.17) is 4.98 Å². The van der Waals surface area contributed by atoms with Crippen molar-refractivity contribution in [3.63, 3.8) is 0 Å². The number of aryl methyl sites for hydroxylation is 1. The molecule has 2 aliphatic heterocycles. The van der Waals surface area contributed by atoms with E-state index in [1.165, 1.54) is 0 Å². The zero-order chi connectivity index (χ0) is 22.6. The van der Waals surface area contributed by atoms with Gasteiger partial charge in [0.1, 0.15) is 5.82 Å². The molecule has 4 heterocycles. The molecular formula is C25H31N5O2. The Labute approximate surface area is 188 Å². The molecular weight excluding hydrogens is 402 g/mol. The van der Waals surface area contributed by atoms with E-state index in [0.717, 1.165) is 42.8 Å². The third kappa shape index (κ3) is 3.49. The molecule has 5 rings (SSSR count). The average molecular weight is 434 g/mol. The van der Waals surface area contributed by atoms with Gasteiger partial charge in [-0.2, -0.15) is 0 Å². The number of carbonyl (C=O) groups is 1. The molecule has 3 aromatic rings. The summed E-state index contributed by atoms with van der Waals surface area (Å²) in [7, 11) is 1.79. The van der Waals surface area contributed by atoms with Gasteiger partial charge in [0.25, 0.3) is 5.91 Å². The van der Waals surface area contributed by atoms with Gasteiger partial charge in [0.15, 0.2) is 5.65 Å². The molecule has 0 N–H and O–H groups in total. The zero-order valence-electron chi connectivity index (χ0n) is 19.3. The minimum absolute atomic E-state index is 0.00239. The van der Waals surface area contributed by atoms with Crippen molar-refractivity contribution < 1.29 is 4.79 Å². The molecule has 2 aliphatic rings. The van der Waals surface area contributed by atoms with Crippen LogP contribution in [-0.4, -0.2) is 50.1 Å². The van der Waals surface area contributed by atoms with Crippen LogP contribution in [0.4, 0.5) is 5.82 Å². The van der Waals surface area contributed by atoms with Gasteiger partial charge in [0.2, 0.25) is 0 Å². The lowest BCUT2D eigenvalue weighted by Crippen LogP contribution is -2.56. The number of amides is 1. The Morgan fingerprint density at radius 3 is 2.31 bits per heavy atom. The largest absolute Gasteiger partial charge is 0.352 e. The fourth-order valence-electron chi connectivity index (χ4n) is 5.22. The van der Waals surface area contributed by atoms with E-state index >= 15 is 0 Å². The van der Waals surface area contributed by atoms with Gasteiger partial charge in [0, 0.05) is 32.2 Å². The molecule has 0 aliphatic carbocycles. The lowest BCUT2D eigenvalue weighted by Gasteiger charge is -2.41. The van der Waals surface area contributed by atoms with Crippen LogP contribution >= 0.6 is 0 Å². The Morgan fingerprint density at radius 1 is 1.03 bits per heavy atom. The Hall–Kier alpha value is -3.09. The van der Waals surface area contributed by atoms with Crippen molar-refractivity contribution in [2.75, 3.05) is 18.0 Å². The number of hydrogen-bond donors (Lipinski definition) is 0. The van der Waals surface area contributed by atoms with Gasteiger partial charge < -0.3 is 9.80 Å². The van der Waals surface area contributed by atoms with E-state index in [1.54, 1.807) is 11.6 Å². The van der Waals surface area contributed by atoms with Crippen LogP contribution in [0.25, 0.3) is 11.2 Å². The first-order chi connectivity index (χ1) is 15.2. The molecule has 1 aromatic carbocycles. The minimum Gasteiger partial charge on any atom is -0.352 e. The quantitative estimate of drug-likeness (QED) is 0.636. The van der Waals surface area contributed by atoms with Crippen molar-refractivity contribution in [1.29, 1.82) is 0 Å². The number of fused-ring (bicyclic) bond motifs is 3. The Morgan fingerprint density at radius 2 is 1.69 bits per heavy atom. The molecule has 0 radical (unpaired) electrons. The first-order valence-corrected chi connectivity index (χ1v) is 11.4. The maximum absolute atomic E-state index is 13.1. The second-order valence-electron chi connectivity index (χ2n) is 10.4. The summed E-state index contributed by atoms with van der Waals surface area (Å²) in [6.07, 6.45) is 2.03. The molecule has 2 atom stereocenters. The van der Waals surface area contributed by atoms with Crippen molar-refractivity contribution in [3.8, 4) is 0 Å². The first-order valence-electron chi connectivity index (χ1n) is 11.4. The van der Waals surface area contributed by atoms with Crippen molar-refractivity contribution >= 4 is 22.9 Å². The zero-order valence-corrected chi connectivity index (χ0v) is 19.3. The van der Waals surface area contributed by atoms with E-state index in [-0.39, 0.29) is 29.1 Å². The van der Waals surface area contributed by atoms with Gasteiger partial charge in [-0.05, 0) is 42.5 Å². The summed E-state index contributed by atoms with van der Waals surface area (Å²) < 4.78 is 3.47. The highest BCUT2D eigenvalue weighted by Gasteiger charge is 2.43. The third-order valence-corrected chi connectivity index (χ3v) is 6.66. The molecule has 2 unspecified atom stereocenters. The van der Waals surface area contributed by atoms with E-state index in [0.29, 0.717) is 12.2 Å². The molecule has 2 aromatic heterocycles. The van der Waals surface area contributed by atoms with Gasteiger partial charge in [-0.3, -0.25) is 13.9 Å². The monoisotopic (exact) mass is 433 g/mol. The van der Waals surface area contributed by atoms with Crippen molar-refractivity contribution in [1.82, 2.24) is 19.0 Å². The summed E-state index contributed by atoms with van der Waals surface area (Å²) in [5.74, 6) is 1.01. The topological polar surface area (TPSA) is 63.4 Å². The van der Waals surface area contributed by atoms with Crippen LogP contribution < -0.4 is 10.6 Å². The van der Waals surface area contributed by atoms with Gasteiger partial charge >= 0.3 is 5.69 Å². The highest BCUT2D eigenvalue weighted by atomic mass is 16.2. The van der Waals surface area contributed by atoms with Crippen molar-refractivity contribution in [3.05, 3.63) is 58.5 Å². The molecule has 1 amide bonds. The van der Waals surface area contributed by atoms with Gasteiger partial charge in [-0.25, -0.2) is 9.78 Å². The molecule has 2 fully saturated rings. The maximum atomic E-state index is 13.1. The molecule has 7 heteroatoms. The highest BCUT2D eigenvalue weighted by Crippen LogP contribution is 2.34. The highest BCUT2D eigenvalue weighted by molar-refractivity contribution is 5.95. The maximum Gasteiger partial charge on any atom is 0.330 e. The molecule has 0 saturated carbocycles. The molecule has 2 bridgehead atoms. The molecule has 2 saturated heterocycles. The van der Waals surface area contributed by atoms with E-state index in [1.807, 2.05) is 47.0 Å². The standard InChI is InChI=1S/C25H31N5O2/c1-25(2,3)16-29-20-12-13-21(26-22(20)27(4)24(29)32)28-14-18-10-11-19(15-28)30(18)23(31)17-8-6-5-7-9-17/h5-9,12-13,18-19H,10-11,14-16H2,1-4H3. The third-order valence-electron chi connectivity index (χ3n) is 6.66. The molecule has 0 spiro atoms. The fraction of sp³-hybridized carbons (Fsp3) is 0.480. The van der Waals surface area contributed by atoms with E-state index in [2.05, 4.69) is 30.6 Å². The number of benzene rings is 1. The van der Waals surface area contributed by atoms with Crippen LogP contribution in [0.1, 0.15) is 44.0 Å². The predicted molar refractivity (Wildman–Crippen MR) is 126 cm³/mol. The van der Waals surface area contributed by atoms with Crippen LogP contribution in [0.3, 0.4) is 0 Å². The Bertz CT molecular complexity index is 1210. The van der Waals surface area contributed by atoms with E-state index < -0.39 is 0 Å². The number of rotatable bonds is 3. The molecule has 32 heavy (non-hydrogen) atoms. The number of nitrogens with zero attached hydrogens (tertiary/aromatic N) is 5. The summed E-state index contributed by atoms with van der Waals surface area (Å²) in [5.41, 5.74) is 2.31. The minimum atomic E-state index is -0.0297. The second kappa shape index (κ2) is 7.50. The Kier molecular flexibility index (Phi) is 4.87. The number of aromatic nitrogens is 3. The number of pyridine rings is 1. The Balaban J connectivity index is 1.42. The number of piperazine rings is 1. The van der Waals surface area contributed by atoms with Crippen LogP contribution in [0, 0.1) is 5.41 Å². The summed E-state index contributed by atoms with van der Waals surface area (Å²) in [6.45, 7) is 8.58. The van der Waals surface area contributed by atoms with Gasteiger partial charge in [-0.1, -0.05) is 39.0 Å².